The maximum atomic E-state index is 12.4. The molecule has 2 aromatic carbocycles. The highest BCUT2D eigenvalue weighted by atomic mass is 16.4. The van der Waals surface area contributed by atoms with E-state index in [9.17, 15) is 14.7 Å². The van der Waals surface area contributed by atoms with Gasteiger partial charge >= 0.3 is 5.97 Å². The number of anilines is 1. The molecule has 30 heavy (non-hydrogen) atoms. The normalized spacial score (nSPS) is 20.3. The van der Waals surface area contributed by atoms with Gasteiger partial charge < -0.3 is 14.9 Å². The summed E-state index contributed by atoms with van der Waals surface area (Å²) in [5.41, 5.74) is 3.67. The molecule has 0 radical (unpaired) electrons. The van der Waals surface area contributed by atoms with E-state index in [2.05, 4.69) is 23.1 Å². The van der Waals surface area contributed by atoms with Crippen molar-refractivity contribution in [3.63, 3.8) is 0 Å². The van der Waals surface area contributed by atoms with Gasteiger partial charge in [-0.15, -0.1) is 0 Å². The lowest BCUT2D eigenvalue weighted by Crippen LogP contribution is -2.37. The van der Waals surface area contributed by atoms with Gasteiger partial charge in [-0.3, -0.25) is 4.79 Å². The minimum absolute atomic E-state index is 0.233. The van der Waals surface area contributed by atoms with Crippen LogP contribution in [0, 0.1) is 0 Å². The number of nitrogens with zero attached hydrogens (tertiary/aromatic N) is 2. The van der Waals surface area contributed by atoms with E-state index in [1.807, 2.05) is 23.1 Å². The van der Waals surface area contributed by atoms with Crippen LogP contribution in [0.1, 0.15) is 59.5 Å². The lowest BCUT2D eigenvalue weighted by molar-refractivity contribution is -0.119. The molecule has 2 saturated heterocycles. The molecule has 0 aliphatic carbocycles. The first-order chi connectivity index (χ1) is 14.6. The van der Waals surface area contributed by atoms with Crippen molar-refractivity contribution in [2.24, 2.45) is 0 Å². The predicted molar refractivity (Wildman–Crippen MR) is 118 cm³/mol. The quantitative estimate of drug-likeness (QED) is 0.776. The molecular weight excluding hydrogens is 376 g/mol. The topological polar surface area (TPSA) is 60.9 Å². The van der Waals surface area contributed by atoms with Crippen molar-refractivity contribution in [2.45, 2.75) is 44.4 Å². The standard InChI is InChI=1S/C25H30N2O3/c28-24-13-5-6-16-27(24)23-12-4-1-8-19(23)14-17-26-15-7-9-20(18-26)21-10-2-3-11-22(21)25(29)30/h1-4,8,10-12,20H,5-7,9,13-18H2,(H,29,30). The van der Waals surface area contributed by atoms with Crippen LogP contribution in [-0.2, 0) is 11.2 Å². The molecule has 2 aliphatic rings. The van der Waals surface area contributed by atoms with Crippen LogP contribution >= 0.6 is 0 Å². The molecule has 2 aliphatic heterocycles. The van der Waals surface area contributed by atoms with Gasteiger partial charge in [0.25, 0.3) is 0 Å². The first-order valence-corrected chi connectivity index (χ1v) is 11.1. The van der Waals surface area contributed by atoms with Crippen LogP contribution in [0.3, 0.4) is 0 Å². The zero-order chi connectivity index (χ0) is 20.9. The van der Waals surface area contributed by atoms with Crippen molar-refractivity contribution in [1.29, 1.82) is 0 Å². The Labute approximate surface area is 178 Å². The molecule has 2 fully saturated rings. The van der Waals surface area contributed by atoms with Crippen LogP contribution in [0.2, 0.25) is 0 Å². The highest BCUT2D eigenvalue weighted by molar-refractivity contribution is 5.94. The summed E-state index contributed by atoms with van der Waals surface area (Å²) >= 11 is 0. The SMILES string of the molecule is O=C(O)c1ccccc1C1CCCN(CCc2ccccc2N2CCCCC2=O)C1. The summed E-state index contributed by atoms with van der Waals surface area (Å²) in [5, 5.41) is 9.54. The molecule has 0 aromatic heterocycles. The molecule has 5 heteroatoms. The second-order valence-electron chi connectivity index (χ2n) is 8.41. The van der Waals surface area contributed by atoms with Crippen molar-refractivity contribution < 1.29 is 14.7 Å². The maximum absolute atomic E-state index is 12.4. The Morgan fingerprint density at radius 1 is 1.00 bits per heavy atom. The average Bonchev–Trinajstić information content (AvgIpc) is 2.78. The third kappa shape index (κ3) is 4.57. The molecule has 1 atom stereocenters. The number of amides is 1. The second kappa shape index (κ2) is 9.43. The van der Waals surface area contributed by atoms with Gasteiger partial charge in [0, 0.05) is 31.7 Å². The van der Waals surface area contributed by atoms with E-state index in [0.29, 0.717) is 12.0 Å². The molecule has 0 saturated carbocycles. The zero-order valence-electron chi connectivity index (χ0n) is 17.4. The van der Waals surface area contributed by atoms with Crippen LogP contribution in [-0.4, -0.2) is 48.1 Å². The number of carboxylic acid groups (broad SMARTS) is 1. The largest absolute Gasteiger partial charge is 0.478 e. The summed E-state index contributed by atoms with van der Waals surface area (Å²) in [6, 6.07) is 15.7. The molecule has 158 valence electrons. The van der Waals surface area contributed by atoms with Crippen LogP contribution in [0.15, 0.2) is 48.5 Å². The number of carboxylic acids is 1. The molecule has 4 rings (SSSR count). The van der Waals surface area contributed by atoms with Crippen LogP contribution in [0.25, 0.3) is 0 Å². The van der Waals surface area contributed by atoms with Crippen molar-refractivity contribution in [2.75, 3.05) is 31.1 Å². The van der Waals surface area contributed by atoms with Crippen LogP contribution in [0.4, 0.5) is 5.69 Å². The smallest absolute Gasteiger partial charge is 0.335 e. The van der Waals surface area contributed by atoms with Crippen molar-refractivity contribution >= 4 is 17.6 Å². The fourth-order valence-electron chi connectivity index (χ4n) is 4.88. The Kier molecular flexibility index (Phi) is 6.48. The van der Waals surface area contributed by atoms with Gasteiger partial charge in [0.2, 0.25) is 5.91 Å². The lowest BCUT2D eigenvalue weighted by atomic mass is 9.87. The highest BCUT2D eigenvalue weighted by Crippen LogP contribution is 2.30. The van der Waals surface area contributed by atoms with E-state index in [-0.39, 0.29) is 11.8 Å². The minimum atomic E-state index is -0.845. The van der Waals surface area contributed by atoms with Gasteiger partial charge in [-0.2, -0.15) is 0 Å². The van der Waals surface area contributed by atoms with E-state index in [0.717, 1.165) is 69.5 Å². The van der Waals surface area contributed by atoms with Gasteiger partial charge in [-0.1, -0.05) is 36.4 Å². The van der Waals surface area contributed by atoms with Gasteiger partial charge in [0.1, 0.15) is 0 Å². The van der Waals surface area contributed by atoms with Crippen LogP contribution in [0.5, 0.6) is 0 Å². The number of hydrogen-bond acceptors (Lipinski definition) is 3. The predicted octanol–water partition coefficient (Wildman–Crippen LogP) is 4.32. The minimum Gasteiger partial charge on any atom is -0.478 e. The summed E-state index contributed by atoms with van der Waals surface area (Å²) < 4.78 is 0. The highest BCUT2D eigenvalue weighted by Gasteiger charge is 2.26. The monoisotopic (exact) mass is 406 g/mol. The van der Waals surface area contributed by atoms with E-state index in [4.69, 9.17) is 0 Å². The number of rotatable bonds is 6. The molecule has 0 bridgehead atoms. The Hall–Kier alpha value is -2.66. The van der Waals surface area contributed by atoms with Crippen molar-refractivity contribution in [3.05, 3.63) is 65.2 Å². The molecule has 1 amide bonds. The van der Waals surface area contributed by atoms with Gasteiger partial charge in [0.15, 0.2) is 0 Å². The van der Waals surface area contributed by atoms with Crippen LogP contribution < -0.4 is 4.90 Å². The number of carbonyl (C=O) groups is 2. The molecule has 1 N–H and O–H groups in total. The van der Waals surface area contributed by atoms with Gasteiger partial charge in [0.05, 0.1) is 5.56 Å². The number of benzene rings is 2. The van der Waals surface area contributed by atoms with Gasteiger partial charge in [-0.25, -0.2) is 4.79 Å². The summed E-state index contributed by atoms with van der Waals surface area (Å²) in [7, 11) is 0. The number of aromatic carboxylic acids is 1. The molecule has 2 aromatic rings. The number of hydrogen-bond donors (Lipinski definition) is 1. The maximum Gasteiger partial charge on any atom is 0.335 e. The first-order valence-electron chi connectivity index (χ1n) is 11.1. The molecule has 2 heterocycles. The average molecular weight is 407 g/mol. The fraction of sp³-hybridized carbons (Fsp3) is 0.440. The third-order valence-electron chi connectivity index (χ3n) is 6.44. The lowest BCUT2D eigenvalue weighted by Gasteiger charge is -2.34. The van der Waals surface area contributed by atoms with E-state index in [1.54, 1.807) is 12.1 Å². The van der Waals surface area contributed by atoms with Crippen molar-refractivity contribution in [1.82, 2.24) is 4.90 Å². The summed E-state index contributed by atoms with van der Waals surface area (Å²) in [4.78, 5) is 28.4. The van der Waals surface area contributed by atoms with Crippen molar-refractivity contribution in [3.8, 4) is 0 Å². The number of piperidine rings is 2. The van der Waals surface area contributed by atoms with E-state index >= 15 is 0 Å². The summed E-state index contributed by atoms with van der Waals surface area (Å²) in [5.74, 6) is -0.357. The molecule has 0 spiro atoms. The Morgan fingerprint density at radius 2 is 1.80 bits per heavy atom. The third-order valence-corrected chi connectivity index (χ3v) is 6.44. The second-order valence-corrected chi connectivity index (χ2v) is 8.41. The molecule has 1 unspecified atom stereocenters. The zero-order valence-corrected chi connectivity index (χ0v) is 17.4. The molecular formula is C25H30N2O3. The Balaban J connectivity index is 1.44. The van der Waals surface area contributed by atoms with Gasteiger partial charge in [-0.05, 0) is 67.8 Å². The Bertz CT molecular complexity index is 911. The first kappa shape index (κ1) is 20.6. The number of likely N-dealkylation sites (tertiary alicyclic amines) is 1. The summed E-state index contributed by atoms with van der Waals surface area (Å²) in [6.07, 6.45) is 5.70. The Morgan fingerprint density at radius 3 is 2.63 bits per heavy atom. The number of para-hydroxylation sites is 1. The number of carbonyl (C=O) groups excluding carboxylic acids is 1. The van der Waals surface area contributed by atoms with E-state index < -0.39 is 5.97 Å². The summed E-state index contributed by atoms with van der Waals surface area (Å²) in [6.45, 7) is 3.66. The van der Waals surface area contributed by atoms with E-state index in [1.165, 1.54) is 5.56 Å². The molecule has 5 nitrogen and oxygen atoms in total. The fourth-order valence-corrected chi connectivity index (χ4v) is 4.88.